The molecule has 2 heterocycles. The van der Waals surface area contributed by atoms with Crippen molar-refractivity contribution in [2.75, 3.05) is 19.7 Å². The van der Waals surface area contributed by atoms with Crippen LogP contribution in [0.4, 0.5) is 0 Å². The molecule has 3 rings (SSSR count). The van der Waals surface area contributed by atoms with Gasteiger partial charge in [-0.3, -0.25) is 0 Å². The lowest BCUT2D eigenvalue weighted by molar-refractivity contribution is -0.151. The highest BCUT2D eigenvalue weighted by atomic mass is 79.9. The molecule has 1 spiro atoms. The number of carboxylic acids is 1. The van der Waals surface area contributed by atoms with Crippen molar-refractivity contribution in [3.05, 3.63) is 28.5 Å². The number of carboxylic acid groups (broad SMARTS) is 1. The predicted molar refractivity (Wildman–Crippen MR) is 85.6 cm³/mol. The van der Waals surface area contributed by atoms with Crippen molar-refractivity contribution in [2.45, 2.75) is 37.7 Å². The average Bonchev–Trinajstić information content (AvgIpc) is 2.86. The topological polar surface area (TPSA) is 71.5 Å². The summed E-state index contributed by atoms with van der Waals surface area (Å²) in [6.07, 6.45) is 6.79. The molecule has 1 aliphatic heterocycles. The van der Waals surface area contributed by atoms with Crippen molar-refractivity contribution in [2.24, 2.45) is 5.41 Å². The van der Waals surface area contributed by atoms with E-state index in [9.17, 15) is 4.79 Å². The molecule has 2 aliphatic rings. The summed E-state index contributed by atoms with van der Waals surface area (Å²) in [5, 5.41) is 12.5. The number of ether oxygens (including phenoxy) is 1. The molecule has 6 heteroatoms. The standard InChI is InChI=1S/C16H21BrN2O3/c17-14-12(2-1-7-19-14)16(22-10-13(20)21)4-3-15(11-16)5-8-18-9-6-15/h1-2,7,18H,3-6,8-11H2,(H,20,21). The highest BCUT2D eigenvalue weighted by Crippen LogP contribution is 2.56. The van der Waals surface area contributed by atoms with Crippen molar-refractivity contribution >= 4 is 21.9 Å². The largest absolute Gasteiger partial charge is 0.480 e. The van der Waals surface area contributed by atoms with Crippen molar-refractivity contribution in [3.8, 4) is 0 Å². The highest BCUT2D eigenvalue weighted by Gasteiger charge is 2.51. The van der Waals surface area contributed by atoms with Crippen LogP contribution < -0.4 is 5.32 Å². The third kappa shape index (κ3) is 3.05. The molecule has 1 aliphatic carbocycles. The van der Waals surface area contributed by atoms with Gasteiger partial charge in [0.25, 0.3) is 0 Å². The second-order valence-electron chi connectivity index (χ2n) is 6.45. The van der Waals surface area contributed by atoms with Crippen molar-refractivity contribution < 1.29 is 14.6 Å². The highest BCUT2D eigenvalue weighted by molar-refractivity contribution is 9.10. The van der Waals surface area contributed by atoms with E-state index in [-0.39, 0.29) is 12.0 Å². The number of carbonyl (C=O) groups is 1. The number of nitrogens with one attached hydrogen (secondary N) is 1. The Morgan fingerprint density at radius 1 is 1.36 bits per heavy atom. The molecule has 2 fully saturated rings. The Bertz CT molecular complexity index is 560. The van der Waals surface area contributed by atoms with Crippen LogP contribution in [0.5, 0.6) is 0 Å². The quantitative estimate of drug-likeness (QED) is 0.799. The first kappa shape index (κ1) is 15.9. The molecule has 2 N–H and O–H groups in total. The van der Waals surface area contributed by atoms with Gasteiger partial charge in [-0.1, -0.05) is 6.07 Å². The molecule has 1 atom stereocenters. The molecule has 120 valence electrons. The summed E-state index contributed by atoms with van der Waals surface area (Å²) in [6.45, 7) is 1.79. The van der Waals surface area contributed by atoms with Gasteiger partial charge in [-0.05, 0) is 72.6 Å². The van der Waals surface area contributed by atoms with Gasteiger partial charge in [0.1, 0.15) is 11.2 Å². The maximum atomic E-state index is 11.0. The maximum absolute atomic E-state index is 11.0. The Balaban J connectivity index is 1.91. The zero-order valence-electron chi connectivity index (χ0n) is 12.5. The first-order valence-electron chi connectivity index (χ1n) is 7.73. The molecule has 0 aromatic carbocycles. The SMILES string of the molecule is O=C(O)COC1(c2cccnc2Br)CCC2(CCNCC2)C1. The monoisotopic (exact) mass is 368 g/mol. The van der Waals surface area contributed by atoms with Crippen molar-refractivity contribution in [1.82, 2.24) is 10.3 Å². The van der Waals surface area contributed by atoms with Gasteiger partial charge in [0.15, 0.2) is 0 Å². The van der Waals surface area contributed by atoms with Crippen LogP contribution in [-0.4, -0.2) is 35.8 Å². The third-order valence-electron chi connectivity index (χ3n) is 5.11. The minimum Gasteiger partial charge on any atom is -0.480 e. The first-order valence-corrected chi connectivity index (χ1v) is 8.52. The molecule has 1 unspecified atom stereocenters. The molecule has 0 amide bonds. The number of rotatable bonds is 4. The van der Waals surface area contributed by atoms with Crippen LogP contribution in [0, 0.1) is 5.41 Å². The fraction of sp³-hybridized carbons (Fsp3) is 0.625. The predicted octanol–water partition coefficient (Wildman–Crippen LogP) is 2.69. The van der Waals surface area contributed by atoms with Crippen molar-refractivity contribution in [3.63, 3.8) is 0 Å². The summed E-state index contributed by atoms with van der Waals surface area (Å²) >= 11 is 3.51. The number of pyridine rings is 1. The van der Waals surface area contributed by atoms with E-state index in [0.29, 0.717) is 0 Å². The smallest absolute Gasteiger partial charge is 0.329 e. The normalized spacial score (nSPS) is 27.1. The Labute approximate surface area is 138 Å². The van der Waals surface area contributed by atoms with Crippen LogP contribution >= 0.6 is 15.9 Å². The van der Waals surface area contributed by atoms with Crippen LogP contribution in [0.3, 0.4) is 0 Å². The number of piperidine rings is 1. The molecule has 5 nitrogen and oxygen atoms in total. The van der Waals surface area contributed by atoms with Crippen LogP contribution in [0.15, 0.2) is 22.9 Å². The summed E-state index contributed by atoms with van der Waals surface area (Å²) in [5.41, 5.74) is 0.702. The average molecular weight is 369 g/mol. The number of hydrogen-bond donors (Lipinski definition) is 2. The summed E-state index contributed by atoms with van der Waals surface area (Å²) in [4.78, 5) is 15.3. The number of aliphatic carboxylic acids is 1. The maximum Gasteiger partial charge on any atom is 0.329 e. The van der Waals surface area contributed by atoms with E-state index in [0.717, 1.165) is 55.4 Å². The Kier molecular flexibility index (Phi) is 4.52. The molecule has 1 aromatic heterocycles. The van der Waals surface area contributed by atoms with Gasteiger partial charge in [-0.15, -0.1) is 0 Å². The summed E-state index contributed by atoms with van der Waals surface area (Å²) < 4.78 is 6.71. The van der Waals surface area contributed by atoms with Gasteiger partial charge < -0.3 is 15.2 Å². The number of hydrogen-bond acceptors (Lipinski definition) is 4. The molecule has 1 saturated heterocycles. The Morgan fingerprint density at radius 2 is 2.14 bits per heavy atom. The minimum atomic E-state index is -0.925. The van der Waals surface area contributed by atoms with Crippen LogP contribution in [0.25, 0.3) is 0 Å². The van der Waals surface area contributed by atoms with E-state index < -0.39 is 11.6 Å². The second kappa shape index (κ2) is 6.26. The van der Waals surface area contributed by atoms with Crippen molar-refractivity contribution in [1.29, 1.82) is 0 Å². The van der Waals surface area contributed by atoms with E-state index in [4.69, 9.17) is 9.84 Å². The molecule has 0 radical (unpaired) electrons. The number of aromatic nitrogens is 1. The second-order valence-corrected chi connectivity index (χ2v) is 7.20. The summed E-state index contributed by atoms with van der Waals surface area (Å²) in [7, 11) is 0. The minimum absolute atomic E-state index is 0.263. The lowest BCUT2D eigenvalue weighted by atomic mass is 9.75. The lowest BCUT2D eigenvalue weighted by Gasteiger charge is -2.37. The summed E-state index contributed by atoms with van der Waals surface area (Å²) in [5.74, 6) is -0.925. The van der Waals surface area contributed by atoms with Crippen LogP contribution in [0.1, 0.15) is 37.7 Å². The Hall–Kier alpha value is -0.980. The van der Waals surface area contributed by atoms with Crippen LogP contribution in [-0.2, 0) is 15.1 Å². The van der Waals surface area contributed by atoms with Gasteiger partial charge in [0.2, 0.25) is 0 Å². The lowest BCUT2D eigenvalue weighted by Crippen LogP contribution is -2.38. The fourth-order valence-electron chi connectivity index (χ4n) is 3.99. The number of nitrogens with zero attached hydrogens (tertiary/aromatic N) is 1. The zero-order valence-corrected chi connectivity index (χ0v) is 14.1. The number of halogens is 1. The van der Waals surface area contributed by atoms with E-state index in [1.165, 1.54) is 0 Å². The van der Waals surface area contributed by atoms with E-state index in [2.05, 4.69) is 26.2 Å². The van der Waals surface area contributed by atoms with E-state index in [1.807, 2.05) is 12.1 Å². The molecule has 1 aromatic rings. The molecular weight excluding hydrogens is 348 g/mol. The van der Waals surface area contributed by atoms with Gasteiger partial charge in [-0.2, -0.15) is 0 Å². The molecule has 1 saturated carbocycles. The molecule has 0 bridgehead atoms. The van der Waals surface area contributed by atoms with Gasteiger partial charge in [0, 0.05) is 11.8 Å². The van der Waals surface area contributed by atoms with Gasteiger partial charge in [-0.25, -0.2) is 9.78 Å². The first-order chi connectivity index (χ1) is 10.6. The van der Waals surface area contributed by atoms with E-state index >= 15 is 0 Å². The third-order valence-corrected chi connectivity index (χ3v) is 5.74. The molecule has 22 heavy (non-hydrogen) atoms. The van der Waals surface area contributed by atoms with Gasteiger partial charge >= 0.3 is 5.97 Å². The summed E-state index contributed by atoms with van der Waals surface area (Å²) in [6, 6.07) is 3.89. The zero-order chi connectivity index (χ0) is 15.6. The van der Waals surface area contributed by atoms with E-state index in [1.54, 1.807) is 6.20 Å². The Morgan fingerprint density at radius 3 is 2.82 bits per heavy atom. The molecular formula is C16H21BrN2O3. The fourth-order valence-corrected chi connectivity index (χ4v) is 4.60. The van der Waals surface area contributed by atoms with Crippen LogP contribution in [0.2, 0.25) is 0 Å². The van der Waals surface area contributed by atoms with Gasteiger partial charge in [0.05, 0.1) is 5.60 Å².